The standard InChI is InChI=1S/C11H12Cl2N2O3/c1-6(15)7(3-14)8(16)4-18-9(17)10(2)5-11(10,12)13/h4-5,15H2,1-2H3/b7-6-/t10-/m0/s1. The predicted molar refractivity (Wildman–Crippen MR) is 65.6 cm³/mol. The second-order valence-electron chi connectivity index (χ2n) is 4.38. The molecule has 0 heterocycles. The summed E-state index contributed by atoms with van der Waals surface area (Å²) in [7, 11) is 0. The molecule has 0 aliphatic heterocycles. The molecule has 1 aliphatic rings. The number of esters is 1. The van der Waals surface area contributed by atoms with Gasteiger partial charge in [0.05, 0.1) is 0 Å². The Morgan fingerprint density at radius 3 is 2.33 bits per heavy atom. The van der Waals surface area contributed by atoms with Gasteiger partial charge in [-0.05, 0) is 13.8 Å². The van der Waals surface area contributed by atoms with E-state index in [-0.39, 0.29) is 17.7 Å². The Labute approximate surface area is 114 Å². The number of nitrogens with two attached hydrogens (primary N) is 1. The molecule has 1 saturated carbocycles. The number of alkyl halides is 2. The third kappa shape index (κ3) is 2.60. The lowest BCUT2D eigenvalue weighted by Crippen LogP contribution is -2.25. The Bertz CT molecular complexity index is 475. The van der Waals surface area contributed by atoms with Crippen LogP contribution in [0, 0.1) is 16.7 Å². The summed E-state index contributed by atoms with van der Waals surface area (Å²) in [4.78, 5) is 23.2. The van der Waals surface area contributed by atoms with Crippen molar-refractivity contribution in [3.63, 3.8) is 0 Å². The molecule has 0 amide bonds. The molecule has 0 bridgehead atoms. The van der Waals surface area contributed by atoms with E-state index in [0.717, 1.165) is 0 Å². The van der Waals surface area contributed by atoms with E-state index in [1.165, 1.54) is 6.92 Å². The van der Waals surface area contributed by atoms with Crippen LogP contribution in [0.3, 0.4) is 0 Å². The number of allylic oxidation sites excluding steroid dienone is 1. The molecule has 0 aromatic rings. The van der Waals surface area contributed by atoms with Gasteiger partial charge in [0.15, 0.2) is 6.61 Å². The molecule has 2 N–H and O–H groups in total. The number of ether oxygens (including phenoxy) is 1. The van der Waals surface area contributed by atoms with Gasteiger partial charge in [0, 0.05) is 12.1 Å². The molecular weight excluding hydrogens is 279 g/mol. The molecule has 18 heavy (non-hydrogen) atoms. The molecule has 98 valence electrons. The molecule has 7 heteroatoms. The summed E-state index contributed by atoms with van der Waals surface area (Å²) in [5.41, 5.74) is 4.22. The van der Waals surface area contributed by atoms with Crippen molar-refractivity contribution in [2.75, 3.05) is 6.61 Å². The third-order valence-corrected chi connectivity index (χ3v) is 3.93. The highest BCUT2D eigenvalue weighted by molar-refractivity contribution is 6.53. The average molecular weight is 291 g/mol. The van der Waals surface area contributed by atoms with Gasteiger partial charge in [-0.15, -0.1) is 23.2 Å². The van der Waals surface area contributed by atoms with Gasteiger partial charge in [-0.3, -0.25) is 9.59 Å². The molecule has 1 rings (SSSR count). The number of halogens is 2. The topological polar surface area (TPSA) is 93.2 Å². The molecule has 0 saturated heterocycles. The highest BCUT2D eigenvalue weighted by Gasteiger charge is 2.69. The van der Waals surface area contributed by atoms with Gasteiger partial charge < -0.3 is 10.5 Å². The Morgan fingerprint density at radius 2 is 2.00 bits per heavy atom. The number of rotatable bonds is 4. The smallest absolute Gasteiger partial charge is 0.315 e. The third-order valence-electron chi connectivity index (χ3n) is 2.83. The Balaban J connectivity index is 2.59. The van der Waals surface area contributed by atoms with Crippen molar-refractivity contribution in [2.24, 2.45) is 11.1 Å². The molecular formula is C11H12Cl2N2O3. The zero-order valence-electron chi connectivity index (χ0n) is 9.92. The first-order valence-corrected chi connectivity index (χ1v) is 5.86. The summed E-state index contributed by atoms with van der Waals surface area (Å²) >= 11 is 11.6. The molecule has 0 spiro atoms. The van der Waals surface area contributed by atoms with Crippen molar-refractivity contribution in [3.05, 3.63) is 11.3 Å². The fourth-order valence-electron chi connectivity index (χ4n) is 1.35. The fourth-order valence-corrected chi connectivity index (χ4v) is 2.04. The van der Waals surface area contributed by atoms with Crippen LogP contribution in [-0.4, -0.2) is 22.7 Å². The van der Waals surface area contributed by atoms with Crippen LogP contribution >= 0.6 is 23.2 Å². The van der Waals surface area contributed by atoms with Crippen molar-refractivity contribution >= 4 is 35.0 Å². The van der Waals surface area contributed by atoms with Crippen LogP contribution in [0.1, 0.15) is 20.3 Å². The first kappa shape index (κ1) is 14.8. The molecule has 1 aliphatic carbocycles. The van der Waals surface area contributed by atoms with Crippen LogP contribution in [0.5, 0.6) is 0 Å². The lowest BCUT2D eigenvalue weighted by molar-refractivity contribution is -0.152. The highest BCUT2D eigenvalue weighted by atomic mass is 35.5. The predicted octanol–water partition coefficient (Wildman–Crippen LogP) is 1.44. The maximum Gasteiger partial charge on any atom is 0.315 e. The van der Waals surface area contributed by atoms with E-state index in [2.05, 4.69) is 0 Å². The quantitative estimate of drug-likeness (QED) is 0.366. The first-order chi connectivity index (χ1) is 8.15. The number of carbonyl (C=O) groups excluding carboxylic acids is 2. The van der Waals surface area contributed by atoms with E-state index in [1.54, 1.807) is 13.0 Å². The van der Waals surface area contributed by atoms with Crippen molar-refractivity contribution in [1.29, 1.82) is 5.26 Å². The molecule has 0 aromatic carbocycles. The van der Waals surface area contributed by atoms with Crippen molar-refractivity contribution < 1.29 is 14.3 Å². The zero-order valence-corrected chi connectivity index (χ0v) is 11.4. The van der Waals surface area contributed by atoms with E-state index >= 15 is 0 Å². The van der Waals surface area contributed by atoms with Gasteiger partial charge in [-0.2, -0.15) is 5.26 Å². The minimum Gasteiger partial charge on any atom is -0.457 e. The summed E-state index contributed by atoms with van der Waals surface area (Å²) in [5, 5.41) is 8.70. The average Bonchev–Trinajstić information content (AvgIpc) is 2.76. The van der Waals surface area contributed by atoms with Crippen LogP contribution in [0.25, 0.3) is 0 Å². The van der Waals surface area contributed by atoms with Gasteiger partial charge in [-0.1, -0.05) is 0 Å². The summed E-state index contributed by atoms with van der Waals surface area (Å²) in [6, 6.07) is 1.66. The molecule has 0 radical (unpaired) electrons. The molecule has 0 aromatic heterocycles. The normalized spacial score (nSPS) is 25.7. The second kappa shape index (κ2) is 4.79. The number of hydrogen-bond acceptors (Lipinski definition) is 5. The summed E-state index contributed by atoms with van der Waals surface area (Å²) in [6.07, 6.45) is 0.271. The fraction of sp³-hybridized carbons (Fsp3) is 0.545. The Kier molecular flexibility index (Phi) is 3.94. The minimum absolute atomic E-state index is 0.0835. The van der Waals surface area contributed by atoms with E-state index in [0.29, 0.717) is 0 Å². The van der Waals surface area contributed by atoms with Crippen LogP contribution in [0.2, 0.25) is 0 Å². The number of carbonyl (C=O) groups is 2. The van der Waals surface area contributed by atoms with Crippen LogP contribution in [0.4, 0.5) is 0 Å². The highest BCUT2D eigenvalue weighted by Crippen LogP contribution is 2.64. The van der Waals surface area contributed by atoms with E-state index < -0.39 is 28.1 Å². The Hall–Kier alpha value is -1.25. The monoisotopic (exact) mass is 290 g/mol. The van der Waals surface area contributed by atoms with Crippen molar-refractivity contribution in [2.45, 2.75) is 24.6 Å². The maximum atomic E-state index is 11.7. The molecule has 1 atom stereocenters. The summed E-state index contributed by atoms with van der Waals surface area (Å²) in [6.45, 7) is 2.42. The van der Waals surface area contributed by atoms with Crippen molar-refractivity contribution in [3.8, 4) is 6.07 Å². The zero-order chi connectivity index (χ0) is 14.1. The van der Waals surface area contributed by atoms with Crippen molar-refractivity contribution in [1.82, 2.24) is 0 Å². The van der Waals surface area contributed by atoms with E-state index in [4.69, 9.17) is 38.9 Å². The Morgan fingerprint density at radius 1 is 1.50 bits per heavy atom. The van der Waals surface area contributed by atoms with Crippen LogP contribution < -0.4 is 5.73 Å². The minimum atomic E-state index is -1.15. The number of ketones is 1. The van der Waals surface area contributed by atoms with Gasteiger partial charge in [0.25, 0.3) is 0 Å². The van der Waals surface area contributed by atoms with Gasteiger partial charge in [-0.25, -0.2) is 0 Å². The summed E-state index contributed by atoms with van der Waals surface area (Å²) in [5.74, 6) is -1.31. The SMILES string of the molecule is C/C(N)=C(\C#N)C(=O)COC(=O)[C@]1(C)CC1(Cl)Cl. The van der Waals surface area contributed by atoms with Crippen LogP contribution in [-0.2, 0) is 14.3 Å². The van der Waals surface area contributed by atoms with E-state index in [1.807, 2.05) is 0 Å². The van der Waals surface area contributed by atoms with Crippen LogP contribution in [0.15, 0.2) is 11.3 Å². The lowest BCUT2D eigenvalue weighted by Gasteiger charge is -2.11. The largest absolute Gasteiger partial charge is 0.457 e. The number of Topliss-reactive ketones (excluding diaryl/α,β-unsaturated/α-hetero) is 1. The van der Waals surface area contributed by atoms with E-state index in [9.17, 15) is 9.59 Å². The first-order valence-electron chi connectivity index (χ1n) is 5.10. The van der Waals surface area contributed by atoms with Gasteiger partial charge in [0.2, 0.25) is 5.78 Å². The maximum absolute atomic E-state index is 11.7. The molecule has 0 unspecified atom stereocenters. The summed E-state index contributed by atoms with van der Waals surface area (Å²) < 4.78 is 3.65. The molecule has 5 nitrogen and oxygen atoms in total. The van der Waals surface area contributed by atoms with Gasteiger partial charge >= 0.3 is 5.97 Å². The number of nitrogens with zero attached hydrogens (tertiary/aromatic N) is 1. The number of hydrogen-bond donors (Lipinski definition) is 1. The molecule has 1 fully saturated rings. The van der Waals surface area contributed by atoms with Gasteiger partial charge in [0.1, 0.15) is 21.4 Å². The lowest BCUT2D eigenvalue weighted by atomic mass is 10.1. The second-order valence-corrected chi connectivity index (χ2v) is 5.87. The number of nitriles is 1.